The summed E-state index contributed by atoms with van der Waals surface area (Å²) in [6, 6.07) is 0. The van der Waals surface area contributed by atoms with Crippen LogP contribution in [0.2, 0.25) is 0 Å². The van der Waals surface area contributed by atoms with Gasteiger partial charge < -0.3 is 14.9 Å². The third-order valence-corrected chi connectivity index (χ3v) is 3.14. The predicted octanol–water partition coefficient (Wildman–Crippen LogP) is 0.391. The zero-order valence-electron chi connectivity index (χ0n) is 7.40. The molecule has 4 heteroatoms. The molecule has 2 N–H and O–H groups in total. The first-order valence-corrected chi connectivity index (χ1v) is 4.67. The second-order valence-corrected chi connectivity index (χ2v) is 4.09. The minimum Gasteiger partial charge on any atom is -0.481 e. The molecule has 2 heterocycles. The molecule has 13 heavy (non-hydrogen) atoms. The number of carboxylic acids is 1. The van der Waals surface area contributed by atoms with Gasteiger partial charge in [0.2, 0.25) is 0 Å². The van der Waals surface area contributed by atoms with Crippen molar-refractivity contribution in [1.82, 2.24) is 0 Å². The fraction of sp³-hybridized carbons (Fsp3) is 0.889. The molecule has 2 rings (SSSR count). The van der Waals surface area contributed by atoms with E-state index in [9.17, 15) is 4.79 Å². The van der Waals surface area contributed by atoms with Crippen molar-refractivity contribution >= 4 is 5.97 Å². The van der Waals surface area contributed by atoms with Gasteiger partial charge in [0.25, 0.3) is 0 Å². The molecule has 0 saturated carbocycles. The topological polar surface area (TPSA) is 66.8 Å². The number of hydrogen-bond acceptors (Lipinski definition) is 3. The Hall–Kier alpha value is -0.610. The first kappa shape index (κ1) is 8.97. The molecule has 0 spiro atoms. The molecule has 0 amide bonds. The van der Waals surface area contributed by atoms with Crippen LogP contribution in [0.4, 0.5) is 0 Å². The van der Waals surface area contributed by atoms with Gasteiger partial charge in [0.1, 0.15) is 0 Å². The summed E-state index contributed by atoms with van der Waals surface area (Å²) in [7, 11) is 0. The molecule has 2 fully saturated rings. The van der Waals surface area contributed by atoms with Gasteiger partial charge >= 0.3 is 5.97 Å². The lowest BCUT2D eigenvalue weighted by atomic mass is 9.88. The smallest absolute Gasteiger partial charge is 0.306 e. The van der Waals surface area contributed by atoms with Crippen LogP contribution in [0, 0.1) is 5.92 Å². The number of carboxylic acid groups (broad SMARTS) is 1. The zero-order chi connectivity index (χ0) is 9.47. The van der Waals surface area contributed by atoms with Crippen LogP contribution in [0.1, 0.15) is 25.7 Å². The minimum atomic E-state index is -0.756. The van der Waals surface area contributed by atoms with Crippen molar-refractivity contribution in [3.8, 4) is 0 Å². The molecule has 74 valence electrons. The fourth-order valence-electron chi connectivity index (χ4n) is 2.43. The Bertz CT molecular complexity index is 228. The number of rotatable bonds is 2. The fourth-order valence-corrected chi connectivity index (χ4v) is 2.43. The summed E-state index contributed by atoms with van der Waals surface area (Å²) < 4.78 is 5.60. The maximum absolute atomic E-state index is 10.8. The summed E-state index contributed by atoms with van der Waals surface area (Å²) in [5.41, 5.74) is -0.536. The van der Waals surface area contributed by atoms with E-state index in [1.165, 1.54) is 0 Å². The van der Waals surface area contributed by atoms with Gasteiger partial charge in [-0.3, -0.25) is 4.79 Å². The number of aliphatic hydroxyl groups excluding tert-OH is 1. The molecular formula is C9H14O4. The van der Waals surface area contributed by atoms with Crippen LogP contribution in [0.5, 0.6) is 0 Å². The van der Waals surface area contributed by atoms with E-state index in [1.807, 2.05) is 0 Å². The summed E-state index contributed by atoms with van der Waals surface area (Å²) in [5, 5.41) is 18.0. The molecule has 0 aromatic rings. The number of hydrogen-bond donors (Lipinski definition) is 2. The molecular weight excluding hydrogens is 172 g/mol. The average Bonchev–Trinajstić information content (AvgIpc) is 2.42. The van der Waals surface area contributed by atoms with Crippen LogP contribution in [-0.2, 0) is 9.53 Å². The molecule has 2 aliphatic rings. The van der Waals surface area contributed by atoms with E-state index in [0.29, 0.717) is 12.8 Å². The Morgan fingerprint density at radius 2 is 2.38 bits per heavy atom. The number of aliphatic carboxylic acids is 1. The molecule has 3 atom stereocenters. The van der Waals surface area contributed by atoms with Crippen molar-refractivity contribution in [1.29, 1.82) is 0 Å². The molecule has 0 radical (unpaired) electrons. The summed E-state index contributed by atoms with van der Waals surface area (Å²) in [6.45, 7) is -0.0483. The molecule has 3 unspecified atom stereocenters. The molecule has 2 saturated heterocycles. The standard InChI is InChI=1S/C9H14O4/c10-5-9-2-1-7(13-9)3-6(4-9)8(11)12/h6-7,10H,1-5H2,(H,11,12). The summed E-state index contributed by atoms with van der Waals surface area (Å²) in [5.74, 6) is -1.08. The van der Waals surface area contributed by atoms with Crippen LogP contribution in [-0.4, -0.2) is 34.5 Å². The Labute approximate surface area is 76.5 Å². The van der Waals surface area contributed by atoms with Gasteiger partial charge in [0.05, 0.1) is 24.2 Å². The van der Waals surface area contributed by atoms with Crippen LogP contribution in [0.15, 0.2) is 0 Å². The zero-order valence-corrected chi connectivity index (χ0v) is 7.40. The van der Waals surface area contributed by atoms with E-state index >= 15 is 0 Å². The summed E-state index contributed by atoms with van der Waals surface area (Å²) in [6.07, 6.45) is 2.83. The van der Waals surface area contributed by atoms with Gasteiger partial charge in [-0.15, -0.1) is 0 Å². The molecule has 0 aliphatic carbocycles. The van der Waals surface area contributed by atoms with Crippen molar-refractivity contribution in [3.63, 3.8) is 0 Å². The highest BCUT2D eigenvalue weighted by molar-refractivity contribution is 5.70. The van der Waals surface area contributed by atoms with E-state index < -0.39 is 11.6 Å². The number of carbonyl (C=O) groups is 1. The van der Waals surface area contributed by atoms with E-state index in [-0.39, 0.29) is 18.6 Å². The van der Waals surface area contributed by atoms with E-state index in [4.69, 9.17) is 14.9 Å². The average molecular weight is 186 g/mol. The van der Waals surface area contributed by atoms with E-state index in [2.05, 4.69) is 0 Å². The minimum absolute atomic E-state index is 0.0483. The Morgan fingerprint density at radius 1 is 1.62 bits per heavy atom. The largest absolute Gasteiger partial charge is 0.481 e. The highest BCUT2D eigenvalue weighted by atomic mass is 16.5. The van der Waals surface area contributed by atoms with Crippen molar-refractivity contribution in [2.75, 3.05) is 6.61 Å². The van der Waals surface area contributed by atoms with Gasteiger partial charge in [0.15, 0.2) is 0 Å². The quantitative estimate of drug-likeness (QED) is 0.654. The normalized spacial score (nSPS) is 43.5. The predicted molar refractivity (Wildman–Crippen MR) is 44.3 cm³/mol. The van der Waals surface area contributed by atoms with Crippen LogP contribution >= 0.6 is 0 Å². The number of aliphatic hydroxyl groups is 1. The SMILES string of the molecule is O=C(O)C1CC2CCC(CO)(C1)O2. The molecule has 0 aromatic heterocycles. The molecule has 4 nitrogen and oxygen atoms in total. The maximum Gasteiger partial charge on any atom is 0.306 e. The Balaban J connectivity index is 2.12. The lowest BCUT2D eigenvalue weighted by Crippen LogP contribution is -2.42. The van der Waals surface area contributed by atoms with Crippen molar-refractivity contribution < 1.29 is 19.7 Å². The first-order chi connectivity index (χ1) is 6.15. The highest BCUT2D eigenvalue weighted by Gasteiger charge is 2.48. The Morgan fingerprint density at radius 3 is 3.00 bits per heavy atom. The maximum atomic E-state index is 10.8. The van der Waals surface area contributed by atoms with Crippen LogP contribution in [0.3, 0.4) is 0 Å². The molecule has 2 bridgehead atoms. The van der Waals surface area contributed by atoms with Crippen LogP contribution in [0.25, 0.3) is 0 Å². The van der Waals surface area contributed by atoms with E-state index in [1.54, 1.807) is 0 Å². The van der Waals surface area contributed by atoms with Gasteiger partial charge in [-0.05, 0) is 25.7 Å². The Kier molecular flexibility index (Phi) is 2.04. The third-order valence-electron chi connectivity index (χ3n) is 3.14. The van der Waals surface area contributed by atoms with E-state index in [0.717, 1.165) is 12.8 Å². The van der Waals surface area contributed by atoms with Crippen molar-refractivity contribution in [3.05, 3.63) is 0 Å². The highest BCUT2D eigenvalue weighted by Crippen LogP contribution is 2.43. The molecule has 2 aliphatic heterocycles. The second-order valence-electron chi connectivity index (χ2n) is 4.09. The molecule has 0 aromatic carbocycles. The van der Waals surface area contributed by atoms with Gasteiger partial charge in [-0.25, -0.2) is 0 Å². The second kappa shape index (κ2) is 2.96. The first-order valence-electron chi connectivity index (χ1n) is 4.67. The lowest BCUT2D eigenvalue weighted by Gasteiger charge is -2.35. The third kappa shape index (κ3) is 1.44. The van der Waals surface area contributed by atoms with Crippen LogP contribution < -0.4 is 0 Å². The summed E-state index contributed by atoms with van der Waals surface area (Å²) >= 11 is 0. The van der Waals surface area contributed by atoms with Crippen molar-refractivity contribution in [2.24, 2.45) is 5.92 Å². The van der Waals surface area contributed by atoms with Gasteiger partial charge in [-0.1, -0.05) is 0 Å². The number of fused-ring (bicyclic) bond motifs is 2. The monoisotopic (exact) mass is 186 g/mol. The lowest BCUT2D eigenvalue weighted by molar-refractivity contribution is -0.159. The van der Waals surface area contributed by atoms with Gasteiger partial charge in [-0.2, -0.15) is 0 Å². The van der Waals surface area contributed by atoms with Gasteiger partial charge in [0, 0.05) is 0 Å². The summed E-state index contributed by atoms with van der Waals surface area (Å²) in [4.78, 5) is 10.8. The number of ether oxygens (including phenoxy) is 1. The van der Waals surface area contributed by atoms with Crippen molar-refractivity contribution in [2.45, 2.75) is 37.4 Å².